The van der Waals surface area contributed by atoms with Crippen molar-refractivity contribution in [3.05, 3.63) is 58.2 Å². The summed E-state index contributed by atoms with van der Waals surface area (Å²) in [5.41, 5.74) is -0.733. The zero-order valence-electron chi connectivity index (χ0n) is 23.7. The third kappa shape index (κ3) is 5.25. The summed E-state index contributed by atoms with van der Waals surface area (Å²) < 4.78 is 71.4. The van der Waals surface area contributed by atoms with Crippen LogP contribution in [0.5, 0.6) is 0 Å². The molecule has 5 rings (SSSR count). The van der Waals surface area contributed by atoms with Crippen molar-refractivity contribution in [3.8, 4) is 0 Å². The SMILES string of the molecule is C[C@]12C[C@H](c3ccc(CNC(=O)NCCC(=O)O)cc3)C3=C4CCC(=O)C=C4CCC3C1CC[C@@]2(O)C(F)(F)C(F)(F)F. The minimum absolute atomic E-state index is 0.0129. The zero-order valence-corrected chi connectivity index (χ0v) is 23.7. The van der Waals surface area contributed by atoms with Gasteiger partial charge in [-0.1, -0.05) is 36.8 Å². The summed E-state index contributed by atoms with van der Waals surface area (Å²) in [4.78, 5) is 34.8. The van der Waals surface area contributed by atoms with Crippen LogP contribution in [0.4, 0.5) is 26.7 Å². The van der Waals surface area contributed by atoms with Crippen LogP contribution in [0, 0.1) is 17.3 Å². The van der Waals surface area contributed by atoms with Crippen molar-refractivity contribution < 1.29 is 46.5 Å². The molecule has 0 saturated heterocycles. The maximum Gasteiger partial charge on any atom is 0.456 e. The van der Waals surface area contributed by atoms with E-state index in [9.17, 15) is 32.7 Å². The molecule has 2 fully saturated rings. The number of halogens is 5. The Balaban J connectivity index is 1.48. The molecule has 0 spiro atoms. The summed E-state index contributed by atoms with van der Waals surface area (Å²) in [5.74, 6) is -7.76. The van der Waals surface area contributed by atoms with Crippen LogP contribution in [-0.2, 0) is 16.1 Å². The fourth-order valence-electron chi connectivity index (χ4n) is 8.11. The van der Waals surface area contributed by atoms with E-state index in [-0.39, 0.29) is 44.1 Å². The topological polar surface area (TPSA) is 116 Å². The number of fused-ring (bicyclic) bond motifs is 4. The first-order valence-electron chi connectivity index (χ1n) is 14.5. The van der Waals surface area contributed by atoms with Crippen LogP contribution in [-0.4, -0.2) is 52.2 Å². The Labute approximate surface area is 245 Å². The van der Waals surface area contributed by atoms with Crippen LogP contribution in [0.25, 0.3) is 0 Å². The Morgan fingerprint density at radius 1 is 1.02 bits per heavy atom. The minimum atomic E-state index is -5.91. The quantitative estimate of drug-likeness (QED) is 0.292. The standard InChI is InChI=1S/C31H35F5N2O5/c1-28-15-23(18-4-2-17(3-5-18)16-38-27(42)37-13-11-25(40)41)26-21-9-7-20(39)14-19(21)6-8-22(26)24(28)10-12-29(28,43)30(32,33)31(34,35)36/h2-5,14,22-24,43H,6-13,15-16H2,1H3,(H,40,41)(H2,37,38,42)/t22?,23-,24?,28+,29+/m1/s1. The summed E-state index contributed by atoms with van der Waals surface area (Å²) >= 11 is 0. The Morgan fingerprint density at radius 2 is 1.72 bits per heavy atom. The van der Waals surface area contributed by atoms with Crippen molar-refractivity contribution in [1.82, 2.24) is 10.6 Å². The fourth-order valence-corrected chi connectivity index (χ4v) is 8.11. The van der Waals surface area contributed by atoms with Gasteiger partial charge in [0.1, 0.15) is 5.60 Å². The number of hydrogen-bond donors (Lipinski definition) is 4. The van der Waals surface area contributed by atoms with Gasteiger partial charge in [0, 0.05) is 30.8 Å². The molecule has 2 amide bonds. The number of hydrogen-bond acceptors (Lipinski definition) is 4. The van der Waals surface area contributed by atoms with Gasteiger partial charge in [0.05, 0.1) is 6.42 Å². The highest BCUT2D eigenvalue weighted by Gasteiger charge is 2.79. The van der Waals surface area contributed by atoms with E-state index in [1.54, 1.807) is 30.3 Å². The van der Waals surface area contributed by atoms with Crippen molar-refractivity contribution in [1.29, 1.82) is 0 Å². The van der Waals surface area contributed by atoms with Gasteiger partial charge in [0.2, 0.25) is 0 Å². The van der Waals surface area contributed by atoms with E-state index in [0.717, 1.165) is 16.7 Å². The van der Waals surface area contributed by atoms with Crippen LogP contribution in [0.15, 0.2) is 47.1 Å². The number of carboxylic acids is 1. The van der Waals surface area contributed by atoms with E-state index in [1.165, 1.54) is 6.92 Å². The van der Waals surface area contributed by atoms with Gasteiger partial charge in [-0.3, -0.25) is 9.59 Å². The Bertz CT molecular complexity index is 1370. The number of alkyl halides is 5. The highest BCUT2D eigenvalue weighted by atomic mass is 19.4. The molecule has 0 aliphatic heterocycles. The Morgan fingerprint density at radius 3 is 2.37 bits per heavy atom. The lowest BCUT2D eigenvalue weighted by atomic mass is 9.50. The van der Waals surface area contributed by atoms with Gasteiger partial charge < -0.3 is 20.8 Å². The van der Waals surface area contributed by atoms with E-state index in [0.29, 0.717) is 36.8 Å². The van der Waals surface area contributed by atoms with E-state index in [1.807, 2.05) is 0 Å². The monoisotopic (exact) mass is 610 g/mol. The molecule has 234 valence electrons. The van der Waals surface area contributed by atoms with Crippen molar-refractivity contribution >= 4 is 17.8 Å². The lowest BCUT2D eigenvalue weighted by Gasteiger charge is -2.56. The molecule has 0 bridgehead atoms. The van der Waals surface area contributed by atoms with E-state index in [4.69, 9.17) is 5.11 Å². The number of urea groups is 1. The van der Waals surface area contributed by atoms with Gasteiger partial charge >= 0.3 is 24.1 Å². The molecular weight excluding hydrogens is 575 g/mol. The molecule has 4 aliphatic rings. The number of carbonyl (C=O) groups is 3. The lowest BCUT2D eigenvalue weighted by molar-refractivity contribution is -0.362. The van der Waals surface area contributed by atoms with Gasteiger partial charge in [0.15, 0.2) is 5.78 Å². The maximum absolute atomic E-state index is 15.1. The maximum atomic E-state index is 15.1. The van der Waals surface area contributed by atoms with Crippen molar-refractivity contribution in [3.63, 3.8) is 0 Å². The molecule has 4 aliphatic carbocycles. The van der Waals surface area contributed by atoms with Crippen LogP contribution in [0.2, 0.25) is 0 Å². The van der Waals surface area contributed by atoms with Gasteiger partial charge in [-0.25, -0.2) is 4.79 Å². The molecule has 4 N–H and O–H groups in total. The molecule has 12 heteroatoms. The predicted octanol–water partition coefficient (Wildman–Crippen LogP) is 5.79. The number of carbonyl (C=O) groups excluding carboxylic acids is 2. The molecule has 1 aromatic carbocycles. The minimum Gasteiger partial charge on any atom is -0.481 e. The molecule has 0 aromatic heterocycles. The van der Waals surface area contributed by atoms with Crippen molar-refractivity contribution in [2.24, 2.45) is 17.3 Å². The Kier molecular flexibility index (Phi) is 7.98. The fraction of sp³-hybridized carbons (Fsp3) is 0.581. The largest absolute Gasteiger partial charge is 0.481 e. The first-order chi connectivity index (χ1) is 20.1. The van der Waals surface area contributed by atoms with Gasteiger partial charge in [-0.05, 0) is 78.7 Å². The smallest absolute Gasteiger partial charge is 0.456 e. The number of aliphatic hydroxyl groups is 1. The van der Waals surface area contributed by atoms with Gasteiger partial charge in [0.25, 0.3) is 0 Å². The number of ketones is 1. The number of carboxylic acid groups (broad SMARTS) is 1. The zero-order chi connectivity index (χ0) is 31.4. The van der Waals surface area contributed by atoms with Crippen LogP contribution in [0.3, 0.4) is 0 Å². The molecule has 1 aromatic rings. The summed E-state index contributed by atoms with van der Waals surface area (Å²) in [6.45, 7) is 1.46. The number of rotatable bonds is 7. The molecule has 2 unspecified atom stereocenters. The summed E-state index contributed by atoms with van der Waals surface area (Å²) in [7, 11) is 0. The predicted molar refractivity (Wildman–Crippen MR) is 145 cm³/mol. The molecule has 7 nitrogen and oxygen atoms in total. The molecular formula is C31H35F5N2O5. The number of allylic oxidation sites excluding steroid dienone is 4. The molecule has 43 heavy (non-hydrogen) atoms. The third-order valence-corrected chi connectivity index (χ3v) is 10.2. The highest BCUT2D eigenvalue weighted by molar-refractivity contribution is 5.93. The van der Waals surface area contributed by atoms with Crippen LogP contribution >= 0.6 is 0 Å². The second-order valence-electron chi connectivity index (χ2n) is 12.5. The van der Waals surface area contributed by atoms with Gasteiger partial charge in [-0.2, -0.15) is 22.0 Å². The number of aliphatic carboxylic acids is 1. The lowest BCUT2D eigenvalue weighted by Crippen LogP contribution is -2.65. The van der Waals surface area contributed by atoms with Gasteiger partial charge in [-0.15, -0.1) is 0 Å². The first-order valence-corrected chi connectivity index (χ1v) is 14.5. The normalized spacial score (nSPS) is 30.6. The second-order valence-corrected chi connectivity index (χ2v) is 12.5. The van der Waals surface area contributed by atoms with E-state index >= 15 is 8.78 Å². The average molecular weight is 611 g/mol. The molecule has 0 heterocycles. The summed E-state index contributed by atoms with van der Waals surface area (Å²) in [5, 5.41) is 25.1. The van der Waals surface area contributed by atoms with Crippen LogP contribution < -0.4 is 10.6 Å². The van der Waals surface area contributed by atoms with E-state index < -0.39 is 53.4 Å². The number of benzene rings is 1. The van der Waals surface area contributed by atoms with Crippen molar-refractivity contribution in [2.45, 2.75) is 88.5 Å². The number of nitrogens with one attached hydrogen (secondary N) is 2. The summed E-state index contributed by atoms with van der Waals surface area (Å²) in [6, 6.07) is 6.44. The molecule has 5 atom stereocenters. The number of amides is 2. The third-order valence-electron chi connectivity index (χ3n) is 10.2. The molecule has 0 radical (unpaired) electrons. The van der Waals surface area contributed by atoms with Crippen LogP contribution in [0.1, 0.15) is 75.3 Å². The average Bonchev–Trinajstić information content (AvgIpc) is 3.22. The van der Waals surface area contributed by atoms with E-state index in [2.05, 4.69) is 10.6 Å². The second kappa shape index (κ2) is 11.0. The highest BCUT2D eigenvalue weighted by Crippen LogP contribution is 2.70. The molecule has 2 saturated carbocycles. The van der Waals surface area contributed by atoms with Crippen molar-refractivity contribution in [2.75, 3.05) is 6.54 Å². The summed E-state index contributed by atoms with van der Waals surface area (Å²) in [6.07, 6.45) is -3.41. The Hall–Kier alpha value is -3.28. The first kappa shape index (κ1) is 31.2.